The Morgan fingerprint density at radius 1 is 1.00 bits per heavy atom. The summed E-state index contributed by atoms with van der Waals surface area (Å²) in [7, 11) is 0. The maximum atomic E-state index is 12.5. The zero-order valence-corrected chi connectivity index (χ0v) is 18.0. The molecule has 30 heavy (non-hydrogen) atoms. The molecule has 1 amide bonds. The minimum atomic E-state index is -0.0767. The molecule has 4 rings (SSSR count). The van der Waals surface area contributed by atoms with Crippen LogP contribution in [0.5, 0.6) is 0 Å². The second kappa shape index (κ2) is 9.76. The number of carbonyl (C=O) groups is 1. The molecule has 0 atom stereocenters. The minimum absolute atomic E-state index is 0.0767. The highest BCUT2D eigenvalue weighted by Gasteiger charge is 2.13. The van der Waals surface area contributed by atoms with E-state index in [1.807, 2.05) is 42.5 Å². The fraction of sp³-hybridized carbons (Fsp3) is 0.292. The van der Waals surface area contributed by atoms with Crippen LogP contribution in [0.2, 0.25) is 0 Å². The first-order valence-electron chi connectivity index (χ1n) is 10.3. The number of piperidine rings is 1. The van der Waals surface area contributed by atoms with E-state index in [1.54, 1.807) is 18.1 Å². The van der Waals surface area contributed by atoms with Crippen LogP contribution in [0.4, 0.5) is 5.82 Å². The van der Waals surface area contributed by atoms with Gasteiger partial charge in [0, 0.05) is 41.7 Å². The molecule has 5 nitrogen and oxygen atoms in total. The second-order valence-electron chi connectivity index (χ2n) is 7.42. The quantitative estimate of drug-likeness (QED) is 0.584. The highest BCUT2D eigenvalue weighted by molar-refractivity contribution is 7.98. The maximum Gasteiger partial charge on any atom is 0.251 e. The van der Waals surface area contributed by atoms with Crippen molar-refractivity contribution in [2.45, 2.75) is 30.7 Å². The molecule has 1 aliphatic rings. The summed E-state index contributed by atoms with van der Waals surface area (Å²) in [6, 6.07) is 17.9. The van der Waals surface area contributed by atoms with E-state index < -0.39 is 0 Å². The Balaban J connectivity index is 1.40. The van der Waals surface area contributed by atoms with E-state index in [0.717, 1.165) is 35.7 Å². The average Bonchev–Trinajstić information content (AvgIpc) is 2.83. The summed E-state index contributed by atoms with van der Waals surface area (Å²) in [5.41, 5.74) is 3.60. The van der Waals surface area contributed by atoms with Crippen molar-refractivity contribution in [2.24, 2.45) is 0 Å². The van der Waals surface area contributed by atoms with Gasteiger partial charge in [0.15, 0.2) is 0 Å². The Kier molecular flexibility index (Phi) is 6.64. The van der Waals surface area contributed by atoms with Crippen molar-refractivity contribution in [3.8, 4) is 11.3 Å². The largest absolute Gasteiger partial charge is 0.357 e. The molecule has 2 aromatic carbocycles. The van der Waals surface area contributed by atoms with E-state index in [4.69, 9.17) is 0 Å². The molecule has 1 aromatic heterocycles. The van der Waals surface area contributed by atoms with Gasteiger partial charge in [0.25, 0.3) is 5.91 Å². The summed E-state index contributed by atoms with van der Waals surface area (Å²) in [6.07, 6.45) is 7.40. The third-order valence-electron chi connectivity index (χ3n) is 5.39. The van der Waals surface area contributed by atoms with E-state index >= 15 is 0 Å². The van der Waals surface area contributed by atoms with Gasteiger partial charge < -0.3 is 10.2 Å². The number of thioether (sulfide) groups is 1. The molecule has 0 spiro atoms. The summed E-state index contributed by atoms with van der Waals surface area (Å²) in [6.45, 7) is 2.62. The van der Waals surface area contributed by atoms with Crippen LogP contribution in [0.1, 0.15) is 35.2 Å². The molecule has 1 N–H and O–H groups in total. The molecule has 154 valence electrons. The van der Waals surface area contributed by atoms with Gasteiger partial charge in [-0.15, -0.1) is 11.8 Å². The number of anilines is 1. The SMILES string of the molecule is CSc1ccc(CNC(=O)c2ccc(-c3cc(N4CCCCC4)ncn3)cc2)cc1. The molecular weight excluding hydrogens is 392 g/mol. The monoisotopic (exact) mass is 418 g/mol. The zero-order valence-electron chi connectivity index (χ0n) is 17.2. The molecule has 0 bridgehead atoms. The summed E-state index contributed by atoms with van der Waals surface area (Å²) in [5, 5.41) is 2.99. The molecule has 0 saturated carbocycles. The number of benzene rings is 2. The van der Waals surface area contributed by atoms with Crippen LogP contribution >= 0.6 is 11.8 Å². The van der Waals surface area contributed by atoms with Gasteiger partial charge >= 0.3 is 0 Å². The molecule has 0 unspecified atom stereocenters. The summed E-state index contributed by atoms with van der Waals surface area (Å²) < 4.78 is 0. The van der Waals surface area contributed by atoms with E-state index in [1.165, 1.54) is 24.2 Å². The topological polar surface area (TPSA) is 58.1 Å². The van der Waals surface area contributed by atoms with Crippen LogP contribution in [-0.4, -0.2) is 35.2 Å². The van der Waals surface area contributed by atoms with Crippen molar-refractivity contribution in [2.75, 3.05) is 24.2 Å². The predicted octanol–water partition coefficient (Wildman–Crippen LogP) is 4.79. The normalized spacial score (nSPS) is 13.8. The van der Waals surface area contributed by atoms with Gasteiger partial charge in [-0.2, -0.15) is 0 Å². The van der Waals surface area contributed by atoms with Crippen molar-refractivity contribution in [3.63, 3.8) is 0 Å². The molecule has 1 saturated heterocycles. The lowest BCUT2D eigenvalue weighted by molar-refractivity contribution is 0.0951. The fourth-order valence-corrected chi connectivity index (χ4v) is 4.03. The maximum absolute atomic E-state index is 12.5. The lowest BCUT2D eigenvalue weighted by Gasteiger charge is -2.27. The molecule has 2 heterocycles. The number of rotatable bonds is 6. The standard InChI is InChI=1S/C24H26N4OS/c1-30-21-11-5-18(6-12-21)16-25-24(29)20-9-7-19(8-10-20)22-15-23(27-17-26-22)28-13-3-2-4-14-28/h5-12,15,17H,2-4,13-14,16H2,1H3,(H,25,29). The van der Waals surface area contributed by atoms with Crippen molar-refractivity contribution >= 4 is 23.5 Å². The van der Waals surface area contributed by atoms with Gasteiger partial charge in [-0.3, -0.25) is 4.79 Å². The summed E-state index contributed by atoms with van der Waals surface area (Å²) in [4.78, 5) is 24.9. The van der Waals surface area contributed by atoms with E-state index in [9.17, 15) is 4.79 Å². The Bertz CT molecular complexity index is 983. The second-order valence-corrected chi connectivity index (χ2v) is 8.30. The van der Waals surface area contributed by atoms with Gasteiger partial charge in [-0.25, -0.2) is 9.97 Å². The van der Waals surface area contributed by atoms with Crippen LogP contribution in [0.3, 0.4) is 0 Å². The van der Waals surface area contributed by atoms with Crippen LogP contribution < -0.4 is 10.2 Å². The van der Waals surface area contributed by atoms with Crippen molar-refractivity contribution in [3.05, 3.63) is 72.1 Å². The van der Waals surface area contributed by atoms with Gasteiger partial charge in [-0.1, -0.05) is 24.3 Å². The first kappa shape index (κ1) is 20.4. The first-order valence-corrected chi connectivity index (χ1v) is 11.5. The fourth-order valence-electron chi connectivity index (χ4n) is 3.62. The Labute approximate surface area is 181 Å². The Morgan fingerprint density at radius 3 is 2.43 bits per heavy atom. The number of nitrogens with zero attached hydrogens (tertiary/aromatic N) is 3. The molecule has 3 aromatic rings. The van der Waals surface area contributed by atoms with Crippen molar-refractivity contribution < 1.29 is 4.79 Å². The van der Waals surface area contributed by atoms with Gasteiger partial charge in [0.1, 0.15) is 12.1 Å². The van der Waals surface area contributed by atoms with Crippen LogP contribution in [0.25, 0.3) is 11.3 Å². The third kappa shape index (κ3) is 5.00. The number of carbonyl (C=O) groups excluding carboxylic acids is 1. The highest BCUT2D eigenvalue weighted by atomic mass is 32.2. The molecule has 6 heteroatoms. The lowest BCUT2D eigenvalue weighted by Crippen LogP contribution is -2.30. The predicted molar refractivity (Wildman–Crippen MR) is 123 cm³/mol. The Morgan fingerprint density at radius 2 is 1.73 bits per heavy atom. The van der Waals surface area contributed by atoms with E-state index in [2.05, 4.69) is 38.6 Å². The molecule has 1 aliphatic heterocycles. The smallest absolute Gasteiger partial charge is 0.251 e. The third-order valence-corrected chi connectivity index (χ3v) is 6.13. The molecular formula is C24H26N4OS. The minimum Gasteiger partial charge on any atom is -0.357 e. The van der Waals surface area contributed by atoms with Gasteiger partial charge in [0.05, 0.1) is 5.69 Å². The lowest BCUT2D eigenvalue weighted by atomic mass is 10.1. The zero-order chi connectivity index (χ0) is 20.8. The summed E-state index contributed by atoms with van der Waals surface area (Å²) in [5.74, 6) is 0.904. The number of nitrogens with one attached hydrogen (secondary N) is 1. The highest BCUT2D eigenvalue weighted by Crippen LogP contribution is 2.23. The average molecular weight is 419 g/mol. The number of amides is 1. The number of aromatic nitrogens is 2. The van der Waals surface area contributed by atoms with Crippen molar-refractivity contribution in [1.29, 1.82) is 0 Å². The van der Waals surface area contributed by atoms with E-state index in [0.29, 0.717) is 12.1 Å². The molecule has 1 fully saturated rings. The Hall–Kier alpha value is -2.86. The summed E-state index contributed by atoms with van der Waals surface area (Å²) >= 11 is 1.71. The van der Waals surface area contributed by atoms with Crippen LogP contribution in [0, 0.1) is 0 Å². The van der Waals surface area contributed by atoms with Crippen molar-refractivity contribution in [1.82, 2.24) is 15.3 Å². The molecule has 0 aliphatic carbocycles. The van der Waals surface area contributed by atoms with Crippen LogP contribution in [-0.2, 0) is 6.54 Å². The van der Waals surface area contributed by atoms with Gasteiger partial charge in [0.2, 0.25) is 0 Å². The first-order chi connectivity index (χ1) is 14.7. The van der Waals surface area contributed by atoms with Crippen LogP contribution in [0.15, 0.2) is 65.8 Å². The number of hydrogen-bond acceptors (Lipinski definition) is 5. The molecule has 0 radical (unpaired) electrons. The number of hydrogen-bond donors (Lipinski definition) is 1. The van der Waals surface area contributed by atoms with Gasteiger partial charge in [-0.05, 0) is 55.3 Å². The van der Waals surface area contributed by atoms with E-state index in [-0.39, 0.29) is 5.91 Å².